The molecule has 2 aliphatic heterocycles. The van der Waals surface area contributed by atoms with Gasteiger partial charge < -0.3 is 24.4 Å². The zero-order valence-electron chi connectivity index (χ0n) is 20.3. The number of para-hydroxylation sites is 1. The van der Waals surface area contributed by atoms with Gasteiger partial charge in [-0.1, -0.05) is 32.0 Å². The predicted octanol–water partition coefficient (Wildman–Crippen LogP) is 3.39. The molecule has 2 aliphatic rings. The molecule has 0 aliphatic carbocycles. The van der Waals surface area contributed by atoms with Gasteiger partial charge in [0.1, 0.15) is 18.4 Å². The van der Waals surface area contributed by atoms with Gasteiger partial charge in [0.05, 0.1) is 25.5 Å². The zero-order valence-corrected chi connectivity index (χ0v) is 20.3. The molecule has 0 fully saturated rings. The number of methoxy groups -OCH3 is 1. The summed E-state index contributed by atoms with van der Waals surface area (Å²) in [6, 6.07) is 8.77. The Kier molecular flexibility index (Phi) is 7.36. The number of carbonyl (C=O) groups is 2. The summed E-state index contributed by atoms with van der Waals surface area (Å²) in [6.07, 6.45) is 1.49. The van der Waals surface area contributed by atoms with E-state index < -0.39 is 12.0 Å². The molecule has 0 spiro atoms. The van der Waals surface area contributed by atoms with Gasteiger partial charge in [-0.15, -0.1) is 0 Å². The lowest BCUT2D eigenvalue weighted by Crippen LogP contribution is -2.51. The van der Waals surface area contributed by atoms with E-state index in [4.69, 9.17) is 19.2 Å². The Morgan fingerprint density at radius 3 is 2.68 bits per heavy atom. The van der Waals surface area contributed by atoms with Gasteiger partial charge in [-0.25, -0.2) is 9.59 Å². The summed E-state index contributed by atoms with van der Waals surface area (Å²) >= 11 is 0. The Labute approximate surface area is 200 Å². The number of rotatable bonds is 6. The third kappa shape index (κ3) is 5.17. The first kappa shape index (κ1) is 24.0. The summed E-state index contributed by atoms with van der Waals surface area (Å²) in [5.74, 6) is 0.291. The number of benzene rings is 1. The number of nitrogens with one attached hydrogen (secondary N) is 1. The molecule has 8 nitrogen and oxygen atoms in total. The van der Waals surface area contributed by atoms with Crippen LogP contribution in [-0.2, 0) is 46.9 Å². The first-order valence-electron chi connectivity index (χ1n) is 11.8. The van der Waals surface area contributed by atoms with Crippen molar-refractivity contribution in [1.82, 2.24) is 15.2 Å². The fourth-order valence-corrected chi connectivity index (χ4v) is 4.53. The number of urea groups is 1. The van der Waals surface area contributed by atoms with Crippen LogP contribution in [0.15, 0.2) is 30.3 Å². The fourth-order valence-electron chi connectivity index (χ4n) is 4.53. The zero-order chi connectivity index (χ0) is 24.2. The summed E-state index contributed by atoms with van der Waals surface area (Å²) < 4.78 is 16.9. The van der Waals surface area contributed by atoms with Crippen LogP contribution < -0.4 is 10.1 Å². The second-order valence-corrected chi connectivity index (χ2v) is 9.23. The molecule has 0 saturated heterocycles. The Morgan fingerprint density at radius 1 is 1.21 bits per heavy atom. The van der Waals surface area contributed by atoms with Crippen molar-refractivity contribution in [2.24, 2.45) is 5.92 Å². The molecule has 4 rings (SSSR count). The van der Waals surface area contributed by atoms with Crippen molar-refractivity contribution in [1.29, 1.82) is 0 Å². The summed E-state index contributed by atoms with van der Waals surface area (Å²) in [6.45, 7) is 7.66. The van der Waals surface area contributed by atoms with Crippen molar-refractivity contribution >= 4 is 12.0 Å². The number of hydrogen-bond donors (Lipinski definition) is 1. The van der Waals surface area contributed by atoms with E-state index in [0.717, 1.165) is 40.2 Å². The summed E-state index contributed by atoms with van der Waals surface area (Å²) in [5, 5.41) is 2.85. The number of esters is 1. The lowest BCUT2D eigenvalue weighted by Gasteiger charge is -2.34. The molecule has 8 heteroatoms. The Morgan fingerprint density at radius 2 is 1.97 bits per heavy atom. The highest BCUT2D eigenvalue weighted by atomic mass is 16.5. The predicted molar refractivity (Wildman–Crippen MR) is 126 cm³/mol. The minimum absolute atomic E-state index is 0.0787. The number of ether oxygens (including phenoxy) is 3. The van der Waals surface area contributed by atoms with Crippen LogP contribution in [0, 0.1) is 5.92 Å². The number of pyridine rings is 1. The number of amides is 2. The van der Waals surface area contributed by atoms with Crippen molar-refractivity contribution < 1.29 is 23.8 Å². The molecule has 2 aromatic rings. The van der Waals surface area contributed by atoms with E-state index in [1.54, 1.807) is 4.90 Å². The monoisotopic (exact) mass is 467 g/mol. The number of aromatic nitrogens is 1. The normalized spacial score (nSPS) is 18.0. The van der Waals surface area contributed by atoms with Crippen LogP contribution >= 0.6 is 0 Å². The molecule has 1 N–H and O–H groups in total. The van der Waals surface area contributed by atoms with E-state index in [-0.39, 0.29) is 18.1 Å². The molecule has 2 atom stereocenters. The minimum Gasteiger partial charge on any atom is -0.487 e. The second kappa shape index (κ2) is 10.4. The van der Waals surface area contributed by atoms with Gasteiger partial charge in [0.15, 0.2) is 0 Å². The smallest absolute Gasteiger partial charge is 0.328 e. The Balaban J connectivity index is 1.56. The van der Waals surface area contributed by atoms with Crippen LogP contribution in [0.4, 0.5) is 4.79 Å². The Hall–Kier alpha value is -3.13. The van der Waals surface area contributed by atoms with Crippen LogP contribution in [0.2, 0.25) is 0 Å². The first-order valence-corrected chi connectivity index (χ1v) is 11.8. The largest absolute Gasteiger partial charge is 0.487 e. The molecule has 0 saturated carbocycles. The lowest BCUT2D eigenvalue weighted by atomic mass is 9.90. The van der Waals surface area contributed by atoms with E-state index in [2.05, 4.69) is 12.2 Å². The van der Waals surface area contributed by atoms with Crippen LogP contribution in [0.5, 0.6) is 5.75 Å². The van der Waals surface area contributed by atoms with E-state index in [0.29, 0.717) is 32.7 Å². The third-order valence-electron chi connectivity index (χ3n) is 6.47. The SMILES string of the molecule is COC(=O)[C@@H](NC(=O)N1CCc2nc(COc3ccccc3)c3c(c2C1)CO[C@@H](C)C3)C(C)C. The molecule has 182 valence electrons. The van der Waals surface area contributed by atoms with Crippen LogP contribution in [0.25, 0.3) is 0 Å². The van der Waals surface area contributed by atoms with Crippen molar-refractivity contribution in [3.8, 4) is 5.75 Å². The van der Waals surface area contributed by atoms with E-state index in [1.165, 1.54) is 7.11 Å². The van der Waals surface area contributed by atoms with Gasteiger partial charge in [0.25, 0.3) is 0 Å². The molecular weight excluding hydrogens is 434 g/mol. The number of hydrogen-bond acceptors (Lipinski definition) is 6. The maximum atomic E-state index is 13.0. The van der Waals surface area contributed by atoms with Crippen LogP contribution in [0.3, 0.4) is 0 Å². The quantitative estimate of drug-likeness (QED) is 0.655. The average molecular weight is 468 g/mol. The molecular formula is C26H33N3O5. The highest BCUT2D eigenvalue weighted by Gasteiger charge is 2.32. The molecule has 2 amide bonds. The molecule has 0 radical (unpaired) electrons. The maximum Gasteiger partial charge on any atom is 0.328 e. The summed E-state index contributed by atoms with van der Waals surface area (Å²) in [5.41, 5.74) is 5.24. The van der Waals surface area contributed by atoms with Crippen molar-refractivity contribution in [2.45, 2.75) is 65.5 Å². The first-order chi connectivity index (χ1) is 16.4. The van der Waals surface area contributed by atoms with Crippen LogP contribution in [0.1, 0.15) is 48.8 Å². The molecule has 0 unspecified atom stereocenters. The van der Waals surface area contributed by atoms with Crippen molar-refractivity contribution in [2.75, 3.05) is 13.7 Å². The summed E-state index contributed by atoms with van der Waals surface area (Å²) in [7, 11) is 1.33. The van der Waals surface area contributed by atoms with Gasteiger partial charge in [-0.3, -0.25) is 4.98 Å². The molecule has 3 heterocycles. The average Bonchev–Trinajstić information content (AvgIpc) is 2.85. The van der Waals surface area contributed by atoms with Crippen molar-refractivity contribution in [3.05, 3.63) is 58.4 Å². The number of nitrogens with zero attached hydrogens (tertiary/aromatic N) is 2. The van der Waals surface area contributed by atoms with Gasteiger partial charge in [0, 0.05) is 31.6 Å². The molecule has 0 bridgehead atoms. The van der Waals surface area contributed by atoms with Gasteiger partial charge >= 0.3 is 12.0 Å². The topological polar surface area (TPSA) is 90.0 Å². The minimum atomic E-state index is -0.687. The lowest BCUT2D eigenvalue weighted by molar-refractivity contribution is -0.144. The molecule has 1 aromatic carbocycles. The Bertz CT molecular complexity index is 1040. The fraction of sp³-hybridized carbons (Fsp3) is 0.500. The number of fused-ring (bicyclic) bond motifs is 3. The third-order valence-corrected chi connectivity index (χ3v) is 6.47. The van der Waals surface area contributed by atoms with E-state index in [1.807, 2.05) is 44.2 Å². The highest BCUT2D eigenvalue weighted by molar-refractivity contribution is 5.84. The summed E-state index contributed by atoms with van der Waals surface area (Å²) in [4.78, 5) is 31.8. The van der Waals surface area contributed by atoms with Gasteiger partial charge in [0.2, 0.25) is 0 Å². The van der Waals surface area contributed by atoms with E-state index in [9.17, 15) is 9.59 Å². The number of carbonyl (C=O) groups excluding carboxylic acids is 2. The molecule has 34 heavy (non-hydrogen) atoms. The van der Waals surface area contributed by atoms with Crippen LogP contribution in [-0.4, -0.2) is 47.7 Å². The highest BCUT2D eigenvalue weighted by Crippen LogP contribution is 2.32. The van der Waals surface area contributed by atoms with E-state index >= 15 is 0 Å². The van der Waals surface area contributed by atoms with Crippen molar-refractivity contribution in [3.63, 3.8) is 0 Å². The maximum absolute atomic E-state index is 13.0. The van der Waals surface area contributed by atoms with Gasteiger partial charge in [-0.2, -0.15) is 0 Å². The molecule has 1 aromatic heterocycles. The standard InChI is InChI=1S/C26H33N3O5/c1-16(2)24(25(30)32-4)28-26(31)29-11-10-22-20(13-29)21-14-33-17(3)12-19(21)23(27-22)15-34-18-8-6-5-7-9-18/h5-9,16-17,24H,10-15H2,1-4H3,(H,28,31)/t17-,24-/m0/s1. The van der Waals surface area contributed by atoms with Gasteiger partial charge in [-0.05, 0) is 41.7 Å². The second-order valence-electron chi connectivity index (χ2n) is 9.23.